The molecule has 0 aromatic carbocycles. The summed E-state index contributed by atoms with van der Waals surface area (Å²) in [4.78, 5) is 0. The summed E-state index contributed by atoms with van der Waals surface area (Å²) in [5.74, 6) is 20.9. The van der Waals surface area contributed by atoms with Crippen molar-refractivity contribution >= 4 is 0 Å². The molecule has 0 aliphatic heterocycles. The van der Waals surface area contributed by atoms with Crippen LogP contribution in [0.4, 0.5) is 0 Å². The molecule has 1 N–H and O–H groups in total. The van der Waals surface area contributed by atoms with E-state index < -0.39 is 0 Å². The molecule has 71 heavy (non-hydrogen) atoms. The normalized spacial score (nSPS) is 28.4. The van der Waals surface area contributed by atoms with Gasteiger partial charge in [-0.2, -0.15) is 0 Å². The predicted molar refractivity (Wildman–Crippen MR) is 327 cm³/mol. The Balaban J connectivity index is 0.000000829. The third-order valence-electron chi connectivity index (χ3n) is 19.9. The molecule has 0 bridgehead atoms. The molecule has 0 spiro atoms. The Labute approximate surface area is 453 Å². The predicted octanol–water partition coefficient (Wildman–Crippen LogP) is 23.2. The maximum Gasteiger partial charge on any atom is -0.00465 e. The van der Waals surface area contributed by atoms with Gasteiger partial charge in [-0.15, -0.1) is 0 Å². The van der Waals surface area contributed by atoms with Crippen molar-refractivity contribution in [2.24, 2.45) is 130 Å². The Morgan fingerprint density at radius 2 is 0.451 bits per heavy atom. The topological polar surface area (TPSA) is 12.0 Å². The minimum atomic E-state index is 0.835. The van der Waals surface area contributed by atoms with Crippen LogP contribution in [0, 0.1) is 130 Å². The standard InChI is InChI=1S/5C12H24.C10H23N/c1-9(2)11-5-7-12(8-6-11)10(3)4;1-9(2)11-6-5-7-12(8-11)10(3)4;3*1-9(2)11-7-5-6-8-12(11)10(3)4;1-9(2)5-7-11-8-6-10(3)4/h5*9-12H,5-8H2,1-4H3;9-11H,5-8H2,1-4H3/t;;11-,12+;11-,12-;;/m...0../s1. The highest BCUT2D eigenvalue weighted by Gasteiger charge is 2.32. The van der Waals surface area contributed by atoms with Gasteiger partial charge in [-0.05, 0) is 227 Å². The van der Waals surface area contributed by atoms with Crippen LogP contribution in [-0.2, 0) is 0 Å². The van der Waals surface area contributed by atoms with E-state index >= 15 is 0 Å². The fraction of sp³-hybridized carbons (Fsp3) is 1.00. The first kappa shape index (κ1) is 71.0. The van der Waals surface area contributed by atoms with Gasteiger partial charge in [-0.25, -0.2) is 0 Å². The second-order valence-corrected chi connectivity index (χ2v) is 29.8. The maximum absolute atomic E-state index is 3.45. The van der Waals surface area contributed by atoms with Crippen LogP contribution < -0.4 is 5.32 Å². The molecular formula is C70H143N. The molecule has 0 radical (unpaired) electrons. The fourth-order valence-corrected chi connectivity index (χ4v) is 14.4. The zero-order valence-corrected chi connectivity index (χ0v) is 54.2. The largest absolute Gasteiger partial charge is 0.317 e. The van der Waals surface area contributed by atoms with Crippen molar-refractivity contribution in [3.8, 4) is 0 Å². The summed E-state index contributed by atoms with van der Waals surface area (Å²) in [6, 6.07) is 0. The molecule has 5 aliphatic carbocycles. The van der Waals surface area contributed by atoms with E-state index in [1.165, 1.54) is 154 Å². The lowest BCUT2D eigenvalue weighted by Crippen LogP contribution is -2.27. The zero-order chi connectivity index (χ0) is 54.4. The lowest BCUT2D eigenvalue weighted by molar-refractivity contribution is 0.136. The average molecular weight is 999 g/mol. The van der Waals surface area contributed by atoms with E-state index in [1.54, 1.807) is 0 Å². The van der Waals surface area contributed by atoms with Crippen LogP contribution in [0.3, 0.4) is 0 Å². The summed E-state index contributed by atoms with van der Waals surface area (Å²) in [5.41, 5.74) is 0. The highest BCUT2D eigenvalue weighted by atomic mass is 14.8. The smallest absolute Gasteiger partial charge is 0.00465 e. The van der Waals surface area contributed by atoms with E-state index in [1.807, 2.05) is 0 Å². The second-order valence-electron chi connectivity index (χ2n) is 29.8. The molecule has 0 heterocycles. The molecule has 8 atom stereocenters. The lowest BCUT2D eigenvalue weighted by atomic mass is 9.69. The molecule has 5 rings (SSSR count). The van der Waals surface area contributed by atoms with Gasteiger partial charge < -0.3 is 5.32 Å². The summed E-state index contributed by atoms with van der Waals surface area (Å²) in [7, 11) is 0. The molecule has 0 saturated heterocycles. The Hall–Kier alpha value is -0.0400. The van der Waals surface area contributed by atoms with Crippen molar-refractivity contribution in [1.82, 2.24) is 5.32 Å². The van der Waals surface area contributed by atoms with Gasteiger partial charge >= 0.3 is 0 Å². The van der Waals surface area contributed by atoms with Crippen LogP contribution in [0.15, 0.2) is 0 Å². The van der Waals surface area contributed by atoms with E-state index in [9.17, 15) is 0 Å². The quantitative estimate of drug-likeness (QED) is 0.152. The van der Waals surface area contributed by atoms with Crippen molar-refractivity contribution in [1.29, 1.82) is 0 Å². The van der Waals surface area contributed by atoms with Gasteiger partial charge in [0.05, 0.1) is 0 Å². The average Bonchev–Trinajstić information content (AvgIpc) is 3.32. The number of rotatable bonds is 16. The molecule has 1 heteroatoms. The molecule has 5 fully saturated rings. The van der Waals surface area contributed by atoms with Gasteiger partial charge in [-0.1, -0.05) is 224 Å². The van der Waals surface area contributed by atoms with Crippen LogP contribution in [0.5, 0.6) is 0 Å². The van der Waals surface area contributed by atoms with Crippen molar-refractivity contribution in [3.05, 3.63) is 0 Å². The van der Waals surface area contributed by atoms with Crippen LogP contribution in [0.2, 0.25) is 0 Å². The first-order valence-corrected chi connectivity index (χ1v) is 32.9. The van der Waals surface area contributed by atoms with Crippen LogP contribution in [0.1, 0.15) is 307 Å². The molecule has 0 aromatic rings. The van der Waals surface area contributed by atoms with E-state index in [-0.39, 0.29) is 0 Å². The second kappa shape index (κ2) is 40.2. The first-order valence-electron chi connectivity index (χ1n) is 32.9. The number of nitrogens with one attached hydrogen (secondary N) is 1. The number of hydrogen-bond donors (Lipinski definition) is 1. The molecule has 0 amide bonds. The Kier molecular flexibility index (Phi) is 40.2. The molecule has 0 aromatic heterocycles. The molecule has 5 aliphatic rings. The van der Waals surface area contributed by atoms with Crippen LogP contribution in [0.25, 0.3) is 0 Å². The van der Waals surface area contributed by atoms with E-state index in [4.69, 9.17) is 0 Å². The lowest BCUT2D eigenvalue weighted by Gasteiger charge is -2.37. The van der Waals surface area contributed by atoms with E-state index in [2.05, 4.69) is 171 Å². The monoisotopic (exact) mass is 998 g/mol. The fourth-order valence-electron chi connectivity index (χ4n) is 14.4. The van der Waals surface area contributed by atoms with Crippen molar-refractivity contribution in [2.45, 2.75) is 307 Å². The van der Waals surface area contributed by atoms with Crippen molar-refractivity contribution in [2.75, 3.05) is 13.1 Å². The molecule has 1 nitrogen and oxygen atoms in total. The molecule has 5 saturated carbocycles. The van der Waals surface area contributed by atoms with Gasteiger partial charge in [0.2, 0.25) is 0 Å². The summed E-state index contributed by atoms with van der Waals surface area (Å²) in [6.45, 7) is 59.2. The minimum absolute atomic E-state index is 0.835. The first-order chi connectivity index (χ1) is 33.2. The third kappa shape index (κ3) is 31.7. The van der Waals surface area contributed by atoms with Crippen LogP contribution >= 0.6 is 0 Å². The highest BCUT2D eigenvalue weighted by molar-refractivity contribution is 4.82. The highest BCUT2D eigenvalue weighted by Crippen LogP contribution is 2.42. The number of hydrogen-bond acceptors (Lipinski definition) is 1. The van der Waals surface area contributed by atoms with Gasteiger partial charge in [0.25, 0.3) is 0 Å². The van der Waals surface area contributed by atoms with E-state index in [0.29, 0.717) is 0 Å². The molecule has 428 valence electrons. The van der Waals surface area contributed by atoms with Crippen molar-refractivity contribution in [3.63, 3.8) is 0 Å². The van der Waals surface area contributed by atoms with E-state index in [0.717, 1.165) is 130 Å². The van der Waals surface area contributed by atoms with Crippen LogP contribution in [-0.4, -0.2) is 13.1 Å². The Bertz CT molecular complexity index is 996. The minimum Gasteiger partial charge on any atom is -0.317 e. The van der Waals surface area contributed by atoms with Crippen molar-refractivity contribution < 1.29 is 0 Å². The van der Waals surface area contributed by atoms with Gasteiger partial charge in [0.15, 0.2) is 0 Å². The molecular weight excluding hydrogens is 855 g/mol. The third-order valence-corrected chi connectivity index (χ3v) is 19.9. The summed E-state index contributed by atoms with van der Waals surface area (Å²) in [5, 5.41) is 3.45. The maximum atomic E-state index is 3.45. The Morgan fingerprint density at radius 3 is 0.620 bits per heavy atom. The zero-order valence-electron chi connectivity index (χ0n) is 54.2. The molecule has 4 unspecified atom stereocenters. The van der Waals surface area contributed by atoms with Gasteiger partial charge in [0, 0.05) is 0 Å². The SMILES string of the molecule is CC(C)C1CCC(C(C)C)CC1.CC(C)C1CCCC(C(C)C)C1.CC(C)C1CCCCC1C(C)C.CC(C)CCNCCC(C)C.CC(C)[C@@H]1CCCC[C@H]1C(C)C.CC(C)[C@H]1CCCC[C@H]1C(C)C. The summed E-state index contributed by atoms with van der Waals surface area (Å²) in [6.07, 6.45) is 32.3. The van der Waals surface area contributed by atoms with Gasteiger partial charge in [-0.3, -0.25) is 0 Å². The summed E-state index contributed by atoms with van der Waals surface area (Å²) >= 11 is 0. The van der Waals surface area contributed by atoms with Gasteiger partial charge in [0.1, 0.15) is 0 Å². The Morgan fingerprint density at radius 1 is 0.239 bits per heavy atom. The summed E-state index contributed by atoms with van der Waals surface area (Å²) < 4.78 is 0.